The van der Waals surface area contributed by atoms with Crippen LogP contribution < -0.4 is 4.74 Å². The van der Waals surface area contributed by atoms with Gasteiger partial charge in [0.15, 0.2) is 0 Å². The smallest absolute Gasteiger partial charge is 0.232 e. The second-order valence-electron chi connectivity index (χ2n) is 5.15. The predicted molar refractivity (Wildman–Crippen MR) is 84.5 cm³/mol. The molecule has 6 heteroatoms. The van der Waals surface area contributed by atoms with Crippen LogP contribution in [0.2, 0.25) is 5.02 Å². The molecule has 0 heterocycles. The van der Waals surface area contributed by atoms with Gasteiger partial charge < -0.3 is 4.74 Å². The first kappa shape index (κ1) is 17.6. The predicted octanol–water partition coefficient (Wildman–Crippen LogP) is 4.32. The molecule has 1 rings (SSSR count). The Bertz CT molecular complexity index is 533. The van der Waals surface area contributed by atoms with E-state index in [0.717, 1.165) is 28.3 Å². The minimum absolute atomic E-state index is 0.00881. The SMILES string of the molecule is Cc1cc(OCCC(C)CCS(=O)(=O)Cl)cc(C)c1Cl. The summed E-state index contributed by atoms with van der Waals surface area (Å²) in [6.07, 6.45) is 1.33. The van der Waals surface area contributed by atoms with Gasteiger partial charge in [-0.05, 0) is 55.9 Å². The Labute approximate surface area is 130 Å². The number of rotatable bonds is 7. The largest absolute Gasteiger partial charge is 0.494 e. The maximum atomic E-state index is 10.9. The van der Waals surface area contributed by atoms with E-state index < -0.39 is 9.05 Å². The van der Waals surface area contributed by atoms with Crippen molar-refractivity contribution >= 4 is 31.3 Å². The molecule has 1 aromatic carbocycles. The van der Waals surface area contributed by atoms with Crippen molar-refractivity contribution in [1.82, 2.24) is 0 Å². The van der Waals surface area contributed by atoms with E-state index >= 15 is 0 Å². The molecule has 0 aliphatic rings. The zero-order chi connectivity index (χ0) is 15.3. The van der Waals surface area contributed by atoms with Gasteiger partial charge >= 0.3 is 0 Å². The van der Waals surface area contributed by atoms with Crippen LogP contribution in [0, 0.1) is 19.8 Å². The summed E-state index contributed by atoms with van der Waals surface area (Å²) in [7, 11) is 1.79. The molecule has 0 fully saturated rings. The number of hydrogen-bond donors (Lipinski definition) is 0. The lowest BCUT2D eigenvalue weighted by atomic mass is 10.1. The minimum Gasteiger partial charge on any atom is -0.494 e. The van der Waals surface area contributed by atoms with Crippen LogP contribution in [0.3, 0.4) is 0 Å². The van der Waals surface area contributed by atoms with E-state index in [1.807, 2.05) is 32.9 Å². The highest BCUT2D eigenvalue weighted by atomic mass is 35.7. The number of ether oxygens (including phenoxy) is 1. The van der Waals surface area contributed by atoms with Crippen molar-refractivity contribution < 1.29 is 13.2 Å². The van der Waals surface area contributed by atoms with Gasteiger partial charge in [0.2, 0.25) is 9.05 Å². The van der Waals surface area contributed by atoms with Crippen LogP contribution in [0.1, 0.15) is 30.9 Å². The summed E-state index contributed by atoms with van der Waals surface area (Å²) in [5.41, 5.74) is 1.98. The fourth-order valence-corrected chi connectivity index (χ4v) is 2.91. The number of hydrogen-bond acceptors (Lipinski definition) is 3. The van der Waals surface area contributed by atoms with E-state index in [1.54, 1.807) is 0 Å². The van der Waals surface area contributed by atoms with Crippen LogP contribution in [-0.2, 0) is 9.05 Å². The first-order chi connectivity index (χ1) is 9.19. The second-order valence-corrected chi connectivity index (χ2v) is 8.42. The number of aryl methyl sites for hydroxylation is 2. The van der Waals surface area contributed by atoms with Crippen molar-refractivity contribution in [2.24, 2.45) is 5.92 Å². The van der Waals surface area contributed by atoms with E-state index in [1.165, 1.54) is 0 Å². The first-order valence-electron chi connectivity index (χ1n) is 6.51. The summed E-state index contributed by atoms with van der Waals surface area (Å²) in [5, 5.41) is 0.762. The van der Waals surface area contributed by atoms with Crippen molar-refractivity contribution in [2.45, 2.75) is 33.6 Å². The highest BCUT2D eigenvalue weighted by Gasteiger charge is 2.10. The van der Waals surface area contributed by atoms with Gasteiger partial charge in [0.1, 0.15) is 5.75 Å². The highest BCUT2D eigenvalue weighted by molar-refractivity contribution is 8.13. The maximum absolute atomic E-state index is 10.9. The third kappa shape index (κ3) is 6.33. The second kappa shape index (κ2) is 7.53. The van der Waals surface area contributed by atoms with Crippen molar-refractivity contribution in [3.63, 3.8) is 0 Å². The van der Waals surface area contributed by atoms with Gasteiger partial charge in [-0.15, -0.1) is 0 Å². The third-order valence-electron chi connectivity index (χ3n) is 3.14. The monoisotopic (exact) mass is 338 g/mol. The van der Waals surface area contributed by atoms with Crippen LogP contribution in [0.4, 0.5) is 0 Å². The lowest BCUT2D eigenvalue weighted by Crippen LogP contribution is -2.08. The summed E-state index contributed by atoms with van der Waals surface area (Å²) in [6.45, 7) is 6.42. The molecule has 114 valence electrons. The van der Waals surface area contributed by atoms with E-state index in [0.29, 0.717) is 13.0 Å². The van der Waals surface area contributed by atoms with E-state index in [2.05, 4.69) is 0 Å². The lowest BCUT2D eigenvalue weighted by molar-refractivity contribution is 0.281. The highest BCUT2D eigenvalue weighted by Crippen LogP contribution is 2.26. The summed E-state index contributed by atoms with van der Waals surface area (Å²) in [4.78, 5) is 0. The molecule has 0 radical (unpaired) electrons. The Morgan fingerprint density at radius 1 is 1.20 bits per heavy atom. The molecule has 0 aromatic heterocycles. The van der Waals surface area contributed by atoms with Gasteiger partial charge in [-0.3, -0.25) is 0 Å². The normalized spacial score (nSPS) is 13.2. The van der Waals surface area contributed by atoms with Crippen molar-refractivity contribution in [1.29, 1.82) is 0 Å². The maximum Gasteiger partial charge on any atom is 0.232 e. The summed E-state index contributed by atoms with van der Waals surface area (Å²) in [5.74, 6) is 1.05. The van der Waals surface area contributed by atoms with Crippen molar-refractivity contribution in [2.75, 3.05) is 12.4 Å². The minimum atomic E-state index is -3.40. The molecule has 0 saturated carbocycles. The molecule has 0 aliphatic heterocycles. The topological polar surface area (TPSA) is 43.4 Å². The molecule has 1 unspecified atom stereocenters. The molecule has 0 bridgehead atoms. The van der Waals surface area contributed by atoms with Crippen LogP contribution in [0.5, 0.6) is 5.75 Å². The standard InChI is InChI=1S/C14H20Cl2O3S/c1-10(5-7-20(16,17)18)4-6-19-13-8-11(2)14(15)12(3)9-13/h8-10H,4-7H2,1-3H3. The van der Waals surface area contributed by atoms with Gasteiger partial charge in [0, 0.05) is 15.7 Å². The Hall–Kier alpha value is -0.450. The van der Waals surface area contributed by atoms with Gasteiger partial charge in [-0.25, -0.2) is 8.42 Å². The van der Waals surface area contributed by atoms with Gasteiger partial charge in [0.05, 0.1) is 12.4 Å². The third-order valence-corrected chi connectivity index (χ3v) is 4.93. The fraction of sp³-hybridized carbons (Fsp3) is 0.571. The fourth-order valence-electron chi connectivity index (χ4n) is 1.85. The average molecular weight is 339 g/mol. The van der Waals surface area contributed by atoms with Crippen molar-refractivity contribution in [3.05, 3.63) is 28.3 Å². The summed E-state index contributed by atoms with van der Waals surface area (Å²) in [6, 6.07) is 3.81. The molecule has 1 aromatic rings. The zero-order valence-corrected chi connectivity index (χ0v) is 14.3. The zero-order valence-electron chi connectivity index (χ0n) is 11.9. The van der Waals surface area contributed by atoms with Crippen LogP contribution >= 0.6 is 22.3 Å². The molecule has 0 saturated heterocycles. The van der Waals surface area contributed by atoms with Gasteiger partial charge in [-0.1, -0.05) is 18.5 Å². The van der Waals surface area contributed by atoms with E-state index in [-0.39, 0.29) is 11.7 Å². The van der Waals surface area contributed by atoms with Crippen molar-refractivity contribution in [3.8, 4) is 5.75 Å². The Morgan fingerprint density at radius 3 is 2.25 bits per heavy atom. The Balaban J connectivity index is 2.41. The summed E-state index contributed by atoms with van der Waals surface area (Å²) < 4.78 is 27.4. The molecule has 1 atom stereocenters. The van der Waals surface area contributed by atoms with Crippen LogP contribution in [-0.4, -0.2) is 20.8 Å². The average Bonchev–Trinajstić information content (AvgIpc) is 2.32. The van der Waals surface area contributed by atoms with Crippen LogP contribution in [0.25, 0.3) is 0 Å². The molecule has 0 spiro atoms. The van der Waals surface area contributed by atoms with E-state index in [9.17, 15) is 8.42 Å². The molecular weight excluding hydrogens is 319 g/mol. The molecule has 0 N–H and O–H groups in total. The first-order valence-corrected chi connectivity index (χ1v) is 9.36. The van der Waals surface area contributed by atoms with Gasteiger partial charge in [-0.2, -0.15) is 0 Å². The lowest BCUT2D eigenvalue weighted by Gasteiger charge is -2.13. The number of halogens is 2. The van der Waals surface area contributed by atoms with E-state index in [4.69, 9.17) is 27.0 Å². The molecule has 20 heavy (non-hydrogen) atoms. The molecule has 3 nitrogen and oxygen atoms in total. The van der Waals surface area contributed by atoms with Crippen LogP contribution in [0.15, 0.2) is 12.1 Å². The molecule has 0 aliphatic carbocycles. The summed E-state index contributed by atoms with van der Waals surface area (Å²) >= 11 is 6.09. The number of benzene rings is 1. The quantitative estimate of drug-likeness (QED) is 0.695. The van der Waals surface area contributed by atoms with Gasteiger partial charge in [0.25, 0.3) is 0 Å². The Kier molecular flexibility index (Phi) is 6.62. The molecule has 0 amide bonds. The molecular formula is C14H20Cl2O3S. The Morgan fingerprint density at radius 2 is 1.75 bits per heavy atom.